The summed E-state index contributed by atoms with van der Waals surface area (Å²) in [5.74, 6) is 0.719. The molecule has 2 rings (SSSR count). The fraction of sp³-hybridized carbons (Fsp3) is 1.00. The van der Waals surface area contributed by atoms with Crippen LogP contribution >= 0.6 is 0 Å². The van der Waals surface area contributed by atoms with E-state index in [0.717, 1.165) is 44.6 Å². The van der Waals surface area contributed by atoms with Gasteiger partial charge in [0.25, 0.3) is 0 Å². The standard InChI is InChI=1S/C14H28N2O/c1-4-13-10-16(7-8-17-13)14(11(2)3)9-15-12-5-6-12/h11-15H,4-10H2,1-3H3. The number of hydrogen-bond donors (Lipinski definition) is 1. The molecular weight excluding hydrogens is 212 g/mol. The molecular formula is C14H28N2O. The highest BCUT2D eigenvalue weighted by Crippen LogP contribution is 2.21. The number of hydrogen-bond acceptors (Lipinski definition) is 3. The molecule has 100 valence electrons. The van der Waals surface area contributed by atoms with E-state index in [2.05, 4.69) is 31.0 Å². The molecule has 0 spiro atoms. The molecule has 1 heterocycles. The molecule has 1 N–H and O–H groups in total. The molecule has 2 fully saturated rings. The molecule has 3 nitrogen and oxygen atoms in total. The Kier molecular flexibility index (Phi) is 4.83. The van der Waals surface area contributed by atoms with Crippen LogP contribution in [0.25, 0.3) is 0 Å². The van der Waals surface area contributed by atoms with Crippen molar-refractivity contribution < 1.29 is 4.74 Å². The molecule has 0 aromatic carbocycles. The number of rotatable bonds is 6. The molecule has 1 saturated heterocycles. The molecule has 17 heavy (non-hydrogen) atoms. The fourth-order valence-electron chi connectivity index (χ4n) is 2.65. The Bertz CT molecular complexity index is 228. The van der Waals surface area contributed by atoms with Crippen LogP contribution < -0.4 is 5.32 Å². The molecule has 3 heteroatoms. The van der Waals surface area contributed by atoms with E-state index in [1.807, 2.05) is 0 Å². The fourth-order valence-corrected chi connectivity index (χ4v) is 2.65. The third kappa shape index (κ3) is 3.94. The maximum atomic E-state index is 5.76. The van der Waals surface area contributed by atoms with E-state index in [0.29, 0.717) is 12.1 Å². The first kappa shape index (κ1) is 13.3. The van der Waals surface area contributed by atoms with Gasteiger partial charge in [-0.3, -0.25) is 4.90 Å². The monoisotopic (exact) mass is 240 g/mol. The lowest BCUT2D eigenvalue weighted by Crippen LogP contribution is -2.53. The van der Waals surface area contributed by atoms with Crippen molar-refractivity contribution in [1.82, 2.24) is 10.2 Å². The van der Waals surface area contributed by atoms with E-state index in [9.17, 15) is 0 Å². The van der Waals surface area contributed by atoms with E-state index >= 15 is 0 Å². The predicted molar refractivity (Wildman–Crippen MR) is 71.3 cm³/mol. The maximum absolute atomic E-state index is 5.76. The molecule has 0 bridgehead atoms. The highest BCUT2D eigenvalue weighted by atomic mass is 16.5. The quantitative estimate of drug-likeness (QED) is 0.767. The zero-order valence-electron chi connectivity index (χ0n) is 11.6. The maximum Gasteiger partial charge on any atom is 0.0700 e. The van der Waals surface area contributed by atoms with Crippen LogP contribution in [-0.2, 0) is 4.74 Å². The molecule has 2 unspecified atom stereocenters. The number of nitrogens with zero attached hydrogens (tertiary/aromatic N) is 1. The van der Waals surface area contributed by atoms with Crippen molar-refractivity contribution in [2.75, 3.05) is 26.2 Å². The molecule has 0 radical (unpaired) electrons. The second-order valence-electron chi connectivity index (χ2n) is 5.89. The lowest BCUT2D eigenvalue weighted by molar-refractivity contribution is -0.0505. The van der Waals surface area contributed by atoms with Crippen molar-refractivity contribution in [2.45, 2.75) is 58.2 Å². The highest BCUT2D eigenvalue weighted by Gasteiger charge is 2.29. The summed E-state index contributed by atoms with van der Waals surface area (Å²) in [5, 5.41) is 3.69. The van der Waals surface area contributed by atoms with E-state index in [4.69, 9.17) is 4.74 Å². The van der Waals surface area contributed by atoms with Crippen LogP contribution in [0, 0.1) is 5.92 Å². The number of ether oxygens (including phenoxy) is 1. The molecule has 2 aliphatic rings. The van der Waals surface area contributed by atoms with Crippen LogP contribution in [0.15, 0.2) is 0 Å². The third-order valence-electron chi connectivity index (χ3n) is 4.06. The van der Waals surface area contributed by atoms with Crippen LogP contribution in [0.1, 0.15) is 40.0 Å². The largest absolute Gasteiger partial charge is 0.376 e. The van der Waals surface area contributed by atoms with Gasteiger partial charge in [0.05, 0.1) is 12.7 Å². The minimum Gasteiger partial charge on any atom is -0.376 e. The van der Waals surface area contributed by atoms with Crippen molar-refractivity contribution in [2.24, 2.45) is 5.92 Å². The highest BCUT2D eigenvalue weighted by molar-refractivity contribution is 4.87. The first-order valence-electron chi connectivity index (χ1n) is 7.29. The van der Waals surface area contributed by atoms with Gasteiger partial charge in [-0.1, -0.05) is 20.8 Å². The minimum atomic E-state index is 0.450. The summed E-state index contributed by atoms with van der Waals surface area (Å²) >= 11 is 0. The van der Waals surface area contributed by atoms with E-state index in [-0.39, 0.29) is 0 Å². The Morgan fingerprint density at radius 3 is 2.71 bits per heavy atom. The summed E-state index contributed by atoms with van der Waals surface area (Å²) in [4.78, 5) is 2.64. The average molecular weight is 240 g/mol. The zero-order chi connectivity index (χ0) is 12.3. The third-order valence-corrected chi connectivity index (χ3v) is 4.06. The van der Waals surface area contributed by atoms with Crippen LogP contribution in [0.4, 0.5) is 0 Å². The lowest BCUT2D eigenvalue weighted by Gasteiger charge is -2.40. The SMILES string of the molecule is CCC1CN(C(CNC2CC2)C(C)C)CCO1. The zero-order valence-corrected chi connectivity index (χ0v) is 11.6. The second-order valence-corrected chi connectivity index (χ2v) is 5.89. The van der Waals surface area contributed by atoms with Crippen molar-refractivity contribution >= 4 is 0 Å². The van der Waals surface area contributed by atoms with Gasteiger partial charge in [0, 0.05) is 31.7 Å². The molecule has 0 aromatic heterocycles. The number of morpholine rings is 1. The van der Waals surface area contributed by atoms with Crippen LogP contribution in [0.5, 0.6) is 0 Å². The Morgan fingerprint density at radius 2 is 2.12 bits per heavy atom. The minimum absolute atomic E-state index is 0.450. The molecule has 1 aliphatic heterocycles. The summed E-state index contributed by atoms with van der Waals surface area (Å²) in [5.41, 5.74) is 0. The Balaban J connectivity index is 1.84. The molecule has 2 atom stereocenters. The van der Waals surface area contributed by atoms with Gasteiger partial charge >= 0.3 is 0 Å². The Labute approximate surface area is 106 Å². The first-order chi connectivity index (χ1) is 8.20. The number of nitrogens with one attached hydrogen (secondary N) is 1. The van der Waals surface area contributed by atoms with E-state index in [1.54, 1.807) is 0 Å². The second kappa shape index (κ2) is 6.17. The van der Waals surface area contributed by atoms with Crippen LogP contribution in [0.2, 0.25) is 0 Å². The van der Waals surface area contributed by atoms with Gasteiger partial charge in [0.2, 0.25) is 0 Å². The van der Waals surface area contributed by atoms with Crippen LogP contribution in [0.3, 0.4) is 0 Å². The van der Waals surface area contributed by atoms with Gasteiger partial charge in [0.1, 0.15) is 0 Å². The van der Waals surface area contributed by atoms with Gasteiger partial charge in [-0.2, -0.15) is 0 Å². The normalized spacial score (nSPS) is 28.6. The van der Waals surface area contributed by atoms with Gasteiger partial charge in [-0.25, -0.2) is 0 Å². The predicted octanol–water partition coefficient (Wildman–Crippen LogP) is 1.87. The first-order valence-corrected chi connectivity index (χ1v) is 7.29. The molecule has 1 saturated carbocycles. The summed E-state index contributed by atoms with van der Waals surface area (Å²) in [7, 11) is 0. The smallest absolute Gasteiger partial charge is 0.0700 e. The van der Waals surface area contributed by atoms with Gasteiger partial charge in [0.15, 0.2) is 0 Å². The van der Waals surface area contributed by atoms with Crippen molar-refractivity contribution in [1.29, 1.82) is 0 Å². The summed E-state index contributed by atoms with van der Waals surface area (Å²) in [6, 6.07) is 1.49. The summed E-state index contributed by atoms with van der Waals surface area (Å²) in [6.07, 6.45) is 4.35. The Hall–Kier alpha value is -0.120. The topological polar surface area (TPSA) is 24.5 Å². The van der Waals surface area contributed by atoms with Crippen LogP contribution in [-0.4, -0.2) is 49.3 Å². The van der Waals surface area contributed by atoms with Gasteiger partial charge in [-0.05, 0) is 25.2 Å². The van der Waals surface area contributed by atoms with Gasteiger partial charge < -0.3 is 10.1 Å². The molecule has 0 amide bonds. The van der Waals surface area contributed by atoms with E-state index < -0.39 is 0 Å². The lowest BCUT2D eigenvalue weighted by atomic mass is 10.0. The van der Waals surface area contributed by atoms with Crippen molar-refractivity contribution in [3.8, 4) is 0 Å². The van der Waals surface area contributed by atoms with Crippen molar-refractivity contribution in [3.63, 3.8) is 0 Å². The van der Waals surface area contributed by atoms with Crippen molar-refractivity contribution in [3.05, 3.63) is 0 Å². The van der Waals surface area contributed by atoms with Gasteiger partial charge in [-0.15, -0.1) is 0 Å². The average Bonchev–Trinajstić information content (AvgIpc) is 3.13. The summed E-state index contributed by atoms with van der Waals surface area (Å²) in [6.45, 7) is 11.2. The molecule has 1 aliphatic carbocycles. The Morgan fingerprint density at radius 1 is 1.35 bits per heavy atom. The molecule has 0 aromatic rings. The summed E-state index contributed by atoms with van der Waals surface area (Å²) < 4.78 is 5.76. The van der Waals surface area contributed by atoms with E-state index in [1.165, 1.54) is 12.8 Å².